The molecule has 1 aromatic carbocycles. The van der Waals surface area contributed by atoms with Crippen LogP contribution in [0.1, 0.15) is 12.2 Å². The fourth-order valence-electron chi connectivity index (χ4n) is 3.72. The van der Waals surface area contributed by atoms with Gasteiger partial charge in [0.25, 0.3) is 0 Å². The molecule has 1 fully saturated rings. The van der Waals surface area contributed by atoms with E-state index in [0.717, 1.165) is 30.3 Å². The van der Waals surface area contributed by atoms with Gasteiger partial charge in [0.15, 0.2) is 5.82 Å². The lowest BCUT2D eigenvalue weighted by Gasteiger charge is -2.27. The van der Waals surface area contributed by atoms with E-state index < -0.39 is 0 Å². The number of nitrogens with one attached hydrogen (secondary N) is 1. The van der Waals surface area contributed by atoms with Crippen molar-refractivity contribution in [3.63, 3.8) is 0 Å². The Bertz CT molecular complexity index is 929. The lowest BCUT2D eigenvalue weighted by atomic mass is 10.2. The van der Waals surface area contributed by atoms with E-state index >= 15 is 0 Å². The van der Waals surface area contributed by atoms with Gasteiger partial charge in [0, 0.05) is 30.9 Å². The Morgan fingerprint density at radius 3 is 2.83 bits per heavy atom. The third-order valence-corrected chi connectivity index (χ3v) is 5.00. The molecule has 1 aliphatic rings. The van der Waals surface area contributed by atoms with Crippen LogP contribution in [0.4, 0.5) is 11.6 Å². The zero-order valence-corrected chi connectivity index (χ0v) is 16.7. The molecule has 0 amide bonds. The number of benzene rings is 1. The maximum Gasteiger partial charge on any atom is 0.156 e. The highest BCUT2D eigenvalue weighted by Crippen LogP contribution is 2.25. The lowest BCUT2D eigenvalue weighted by molar-refractivity contribution is 0.191. The average Bonchev–Trinajstić information content (AvgIpc) is 3.33. The minimum atomic E-state index is -0.337. The Morgan fingerprint density at radius 1 is 1.21 bits per heavy atom. The van der Waals surface area contributed by atoms with Crippen molar-refractivity contribution in [1.29, 1.82) is 0 Å². The summed E-state index contributed by atoms with van der Waals surface area (Å²) in [6.45, 7) is 1.93. The Kier molecular flexibility index (Phi) is 5.68. The first-order chi connectivity index (χ1) is 14.1. The summed E-state index contributed by atoms with van der Waals surface area (Å²) < 4.78 is 1.94. The molecule has 0 radical (unpaired) electrons. The van der Waals surface area contributed by atoms with E-state index in [1.165, 1.54) is 0 Å². The van der Waals surface area contributed by atoms with Crippen LogP contribution in [0.15, 0.2) is 49.1 Å². The highest BCUT2D eigenvalue weighted by atomic mass is 16.3. The molecule has 1 aliphatic heterocycles. The van der Waals surface area contributed by atoms with E-state index in [1.54, 1.807) is 12.7 Å². The molecule has 0 aliphatic carbocycles. The van der Waals surface area contributed by atoms with Gasteiger partial charge in [-0.15, -0.1) is 10.2 Å². The molecular formula is C20H26N8O. The van der Waals surface area contributed by atoms with Gasteiger partial charge in [-0.3, -0.25) is 4.57 Å². The van der Waals surface area contributed by atoms with E-state index in [0.29, 0.717) is 18.9 Å². The topological polar surface area (TPSA) is 95.2 Å². The number of aliphatic hydroxyl groups excluding tert-OH is 1. The van der Waals surface area contributed by atoms with E-state index in [9.17, 15) is 5.11 Å². The summed E-state index contributed by atoms with van der Waals surface area (Å²) in [5.74, 6) is 2.32. The number of hydrogen-bond acceptors (Lipinski definition) is 8. The summed E-state index contributed by atoms with van der Waals surface area (Å²) in [5, 5.41) is 21.7. The fraction of sp³-hybridized carbons (Fsp3) is 0.400. The quantitative estimate of drug-likeness (QED) is 0.617. The van der Waals surface area contributed by atoms with Crippen molar-refractivity contribution in [2.45, 2.75) is 25.1 Å². The van der Waals surface area contributed by atoms with Crippen LogP contribution in [-0.4, -0.2) is 74.1 Å². The summed E-state index contributed by atoms with van der Waals surface area (Å²) in [4.78, 5) is 13.1. The Balaban J connectivity index is 1.47. The van der Waals surface area contributed by atoms with Gasteiger partial charge in [-0.05, 0) is 32.6 Å². The first-order valence-electron chi connectivity index (χ1n) is 9.70. The standard InChI is InChI=1S/C20H26N8O/c1-26(2)11-16-8-17(29)12-27(16)19-9-18(22-13-23-19)21-10-20-25-24-14-28(20)15-6-4-3-5-7-15/h3-7,9,13-14,16-17,29H,8,10-12H2,1-2H3,(H,21,22,23)/t16-,17-/m1/s1. The molecule has 0 saturated carbocycles. The number of rotatable bonds is 7. The number of β-amino-alcohol motifs (C(OH)–C–C–N with tert-alkyl or cyclic N) is 1. The molecule has 0 bridgehead atoms. The second-order valence-corrected chi connectivity index (χ2v) is 7.53. The van der Waals surface area contributed by atoms with Crippen LogP contribution in [-0.2, 0) is 6.54 Å². The van der Waals surface area contributed by atoms with Crippen molar-refractivity contribution in [1.82, 2.24) is 29.6 Å². The maximum atomic E-state index is 10.1. The fourth-order valence-corrected chi connectivity index (χ4v) is 3.72. The van der Waals surface area contributed by atoms with Crippen LogP contribution >= 0.6 is 0 Å². The van der Waals surface area contributed by atoms with Gasteiger partial charge < -0.3 is 20.2 Å². The molecule has 2 N–H and O–H groups in total. The largest absolute Gasteiger partial charge is 0.391 e. The number of anilines is 2. The summed E-state index contributed by atoms with van der Waals surface area (Å²) >= 11 is 0. The average molecular weight is 394 g/mol. The van der Waals surface area contributed by atoms with Crippen LogP contribution < -0.4 is 10.2 Å². The molecule has 1 saturated heterocycles. The van der Waals surface area contributed by atoms with Gasteiger partial charge in [0.2, 0.25) is 0 Å². The van der Waals surface area contributed by atoms with Gasteiger partial charge >= 0.3 is 0 Å². The van der Waals surface area contributed by atoms with Crippen LogP contribution in [0.5, 0.6) is 0 Å². The smallest absolute Gasteiger partial charge is 0.156 e. The number of likely N-dealkylation sites (N-methyl/N-ethyl adjacent to an activating group) is 1. The highest BCUT2D eigenvalue weighted by Gasteiger charge is 2.32. The highest BCUT2D eigenvalue weighted by molar-refractivity contribution is 5.50. The maximum absolute atomic E-state index is 10.1. The SMILES string of the molecule is CN(C)C[C@H]1C[C@@H](O)CN1c1cc(NCc2nncn2-c2ccccc2)ncn1. The number of aliphatic hydroxyl groups is 1. The summed E-state index contributed by atoms with van der Waals surface area (Å²) in [7, 11) is 4.08. The van der Waals surface area contributed by atoms with E-state index in [-0.39, 0.29) is 12.1 Å². The molecule has 3 heterocycles. The zero-order chi connectivity index (χ0) is 20.2. The third-order valence-electron chi connectivity index (χ3n) is 5.00. The summed E-state index contributed by atoms with van der Waals surface area (Å²) in [5.41, 5.74) is 1.01. The molecule has 9 heteroatoms. The molecular weight excluding hydrogens is 368 g/mol. The summed E-state index contributed by atoms with van der Waals surface area (Å²) in [6.07, 6.45) is 3.66. The van der Waals surface area contributed by atoms with Gasteiger partial charge in [-0.1, -0.05) is 18.2 Å². The molecule has 2 aromatic heterocycles. The molecule has 4 rings (SSSR count). The van der Waals surface area contributed by atoms with Crippen LogP contribution in [0.2, 0.25) is 0 Å². The molecule has 3 aromatic rings. The Morgan fingerprint density at radius 2 is 2.03 bits per heavy atom. The van der Waals surface area contributed by atoms with Gasteiger partial charge in [0.1, 0.15) is 24.3 Å². The molecule has 9 nitrogen and oxygen atoms in total. The Hall–Kier alpha value is -3.04. The molecule has 152 valence electrons. The minimum Gasteiger partial charge on any atom is -0.391 e. The molecule has 0 unspecified atom stereocenters. The van der Waals surface area contributed by atoms with Gasteiger partial charge in [-0.25, -0.2) is 9.97 Å². The zero-order valence-electron chi connectivity index (χ0n) is 16.7. The predicted octanol–water partition coefficient (Wildman–Crippen LogP) is 1.17. The Labute approximate surface area is 170 Å². The van der Waals surface area contributed by atoms with E-state index in [2.05, 4.69) is 35.3 Å². The second kappa shape index (κ2) is 8.54. The van der Waals surface area contributed by atoms with Gasteiger partial charge in [-0.2, -0.15) is 0 Å². The van der Waals surface area contributed by atoms with E-state index in [1.807, 2.05) is 55.1 Å². The first kappa shape index (κ1) is 19.3. The van der Waals surface area contributed by atoms with Crippen molar-refractivity contribution in [3.8, 4) is 5.69 Å². The van der Waals surface area contributed by atoms with E-state index in [4.69, 9.17) is 0 Å². The van der Waals surface area contributed by atoms with Gasteiger partial charge in [0.05, 0.1) is 12.6 Å². The van der Waals surface area contributed by atoms with Crippen molar-refractivity contribution >= 4 is 11.6 Å². The second-order valence-electron chi connectivity index (χ2n) is 7.53. The van der Waals surface area contributed by atoms with Crippen molar-refractivity contribution < 1.29 is 5.11 Å². The van der Waals surface area contributed by atoms with Crippen LogP contribution in [0, 0.1) is 0 Å². The normalized spacial score (nSPS) is 19.1. The number of para-hydroxylation sites is 1. The number of aromatic nitrogens is 5. The molecule has 2 atom stereocenters. The predicted molar refractivity (Wildman–Crippen MR) is 111 cm³/mol. The third kappa shape index (κ3) is 4.52. The number of hydrogen-bond donors (Lipinski definition) is 2. The molecule has 0 spiro atoms. The number of nitrogens with zero attached hydrogens (tertiary/aromatic N) is 7. The van der Waals surface area contributed by atoms with Crippen LogP contribution in [0.3, 0.4) is 0 Å². The van der Waals surface area contributed by atoms with Crippen molar-refractivity contribution in [3.05, 3.63) is 54.9 Å². The van der Waals surface area contributed by atoms with Crippen molar-refractivity contribution in [2.75, 3.05) is 37.4 Å². The minimum absolute atomic E-state index is 0.226. The first-order valence-corrected chi connectivity index (χ1v) is 9.70. The monoisotopic (exact) mass is 394 g/mol. The van der Waals surface area contributed by atoms with Crippen LogP contribution in [0.25, 0.3) is 5.69 Å². The molecule has 29 heavy (non-hydrogen) atoms. The van der Waals surface area contributed by atoms with Crippen molar-refractivity contribution in [2.24, 2.45) is 0 Å². The summed E-state index contributed by atoms with van der Waals surface area (Å²) in [6, 6.07) is 12.1. The lowest BCUT2D eigenvalue weighted by Crippen LogP contribution is -2.38.